The molecule has 0 saturated carbocycles. The number of benzene rings is 2. The van der Waals surface area contributed by atoms with Crippen LogP contribution in [-0.2, 0) is 18.0 Å². The van der Waals surface area contributed by atoms with Crippen molar-refractivity contribution in [3.05, 3.63) is 83.4 Å². The summed E-state index contributed by atoms with van der Waals surface area (Å²) in [5.41, 5.74) is -1.57. The highest BCUT2D eigenvalue weighted by molar-refractivity contribution is 6.05. The topological polar surface area (TPSA) is 76.0 Å². The molecule has 1 heterocycles. The third kappa shape index (κ3) is 5.56. The van der Waals surface area contributed by atoms with E-state index in [1.807, 2.05) is 0 Å². The van der Waals surface area contributed by atoms with Gasteiger partial charge >= 0.3 is 6.18 Å². The second-order valence-corrected chi connectivity index (χ2v) is 6.46. The van der Waals surface area contributed by atoms with Gasteiger partial charge in [0.15, 0.2) is 0 Å². The second kappa shape index (κ2) is 8.82. The van der Waals surface area contributed by atoms with E-state index in [-0.39, 0.29) is 11.3 Å². The molecule has 2 aromatic carbocycles. The fourth-order valence-electron chi connectivity index (χ4n) is 2.68. The van der Waals surface area contributed by atoms with Crippen molar-refractivity contribution in [3.8, 4) is 0 Å². The number of rotatable bonds is 5. The van der Waals surface area contributed by atoms with Gasteiger partial charge in [0.05, 0.1) is 23.0 Å². The minimum absolute atomic E-state index is 0.204. The smallest absolute Gasteiger partial charge is 0.322 e. The first kappa shape index (κ1) is 21.8. The number of anilines is 2. The van der Waals surface area contributed by atoms with E-state index in [0.29, 0.717) is 11.6 Å². The van der Waals surface area contributed by atoms with Gasteiger partial charge in [-0.3, -0.25) is 14.3 Å². The molecule has 0 spiro atoms. The molecule has 1 aromatic heterocycles. The summed E-state index contributed by atoms with van der Waals surface area (Å²) in [7, 11) is 1.68. The number of halogens is 4. The fourth-order valence-corrected chi connectivity index (χ4v) is 2.68. The standard InChI is InChI=1S/C21H16F4N4O2/c1-29-12-13(11-26-29)6-9-19(30)28-18-8-7-14(10-16(18)21(23,24)25)27-20(31)15-4-2-3-5-17(15)22/h2-12H,1H3,(H,27,31)(H,28,30)/b9-6+. The van der Waals surface area contributed by atoms with Gasteiger partial charge in [0.2, 0.25) is 5.91 Å². The Bertz CT molecular complexity index is 1150. The monoisotopic (exact) mass is 432 g/mol. The van der Waals surface area contributed by atoms with E-state index in [4.69, 9.17) is 0 Å². The highest BCUT2D eigenvalue weighted by atomic mass is 19.4. The van der Waals surface area contributed by atoms with E-state index >= 15 is 0 Å². The quantitative estimate of drug-likeness (QED) is 0.461. The molecule has 0 fully saturated rings. The van der Waals surface area contributed by atoms with Crippen molar-refractivity contribution >= 4 is 29.3 Å². The van der Waals surface area contributed by atoms with Gasteiger partial charge in [-0.05, 0) is 36.4 Å². The van der Waals surface area contributed by atoms with E-state index in [0.717, 1.165) is 18.2 Å². The van der Waals surface area contributed by atoms with Crippen LogP contribution in [-0.4, -0.2) is 21.6 Å². The Morgan fingerprint density at radius 3 is 2.48 bits per heavy atom. The number of hydrogen-bond donors (Lipinski definition) is 2. The molecule has 160 valence electrons. The largest absolute Gasteiger partial charge is 0.418 e. The van der Waals surface area contributed by atoms with Crippen molar-refractivity contribution in [2.45, 2.75) is 6.18 Å². The predicted molar refractivity (Wildman–Crippen MR) is 107 cm³/mol. The third-order valence-electron chi connectivity index (χ3n) is 4.11. The van der Waals surface area contributed by atoms with Gasteiger partial charge < -0.3 is 10.6 Å². The number of hydrogen-bond acceptors (Lipinski definition) is 3. The Morgan fingerprint density at radius 1 is 1.10 bits per heavy atom. The normalized spacial score (nSPS) is 11.5. The first-order chi connectivity index (χ1) is 14.6. The van der Waals surface area contributed by atoms with Crippen LogP contribution in [0.2, 0.25) is 0 Å². The average Bonchev–Trinajstić information content (AvgIpc) is 3.12. The molecule has 0 radical (unpaired) electrons. The zero-order chi connectivity index (χ0) is 22.6. The molecule has 0 bridgehead atoms. The van der Waals surface area contributed by atoms with Crippen molar-refractivity contribution in [3.63, 3.8) is 0 Å². The van der Waals surface area contributed by atoms with E-state index in [1.54, 1.807) is 13.2 Å². The number of aromatic nitrogens is 2. The van der Waals surface area contributed by atoms with Crippen LogP contribution in [0.4, 0.5) is 28.9 Å². The molecular weight excluding hydrogens is 416 g/mol. The summed E-state index contributed by atoms with van der Waals surface area (Å²) in [4.78, 5) is 24.2. The molecule has 3 aromatic rings. The van der Waals surface area contributed by atoms with Crippen LogP contribution >= 0.6 is 0 Å². The zero-order valence-electron chi connectivity index (χ0n) is 16.1. The summed E-state index contributed by atoms with van der Waals surface area (Å²) < 4.78 is 55.7. The molecule has 0 atom stereocenters. The first-order valence-electron chi connectivity index (χ1n) is 8.88. The van der Waals surface area contributed by atoms with Gasteiger partial charge in [0.25, 0.3) is 5.91 Å². The van der Waals surface area contributed by atoms with Crippen molar-refractivity contribution in [2.24, 2.45) is 7.05 Å². The number of carbonyl (C=O) groups excluding carboxylic acids is 2. The van der Waals surface area contributed by atoms with Gasteiger partial charge in [-0.2, -0.15) is 18.3 Å². The Balaban J connectivity index is 1.80. The van der Waals surface area contributed by atoms with Crippen LogP contribution in [0.1, 0.15) is 21.5 Å². The Labute approximate surface area is 174 Å². The Morgan fingerprint density at radius 2 is 1.84 bits per heavy atom. The summed E-state index contributed by atoms with van der Waals surface area (Å²) in [5.74, 6) is -2.49. The molecule has 31 heavy (non-hydrogen) atoms. The number of amides is 2. The fraction of sp³-hybridized carbons (Fsp3) is 0.0952. The van der Waals surface area contributed by atoms with Crippen molar-refractivity contribution < 1.29 is 27.2 Å². The minimum Gasteiger partial charge on any atom is -0.322 e. The van der Waals surface area contributed by atoms with E-state index in [2.05, 4.69) is 15.7 Å². The molecule has 0 unspecified atom stereocenters. The van der Waals surface area contributed by atoms with Gasteiger partial charge in [0, 0.05) is 30.6 Å². The maximum absolute atomic E-state index is 13.7. The predicted octanol–water partition coefficient (Wildman–Crippen LogP) is 4.48. The van der Waals surface area contributed by atoms with E-state index in [9.17, 15) is 27.2 Å². The van der Waals surface area contributed by atoms with Crippen molar-refractivity contribution in [2.75, 3.05) is 10.6 Å². The van der Waals surface area contributed by atoms with Crippen LogP contribution in [0.3, 0.4) is 0 Å². The zero-order valence-corrected chi connectivity index (χ0v) is 16.1. The third-order valence-corrected chi connectivity index (χ3v) is 4.11. The van der Waals surface area contributed by atoms with Crippen molar-refractivity contribution in [1.82, 2.24) is 9.78 Å². The molecule has 2 amide bonds. The van der Waals surface area contributed by atoms with E-state index < -0.39 is 35.1 Å². The number of alkyl halides is 3. The Kier molecular flexibility index (Phi) is 6.19. The summed E-state index contributed by atoms with van der Waals surface area (Å²) in [6.07, 6.45) is 0.772. The average molecular weight is 432 g/mol. The van der Waals surface area contributed by atoms with E-state index in [1.165, 1.54) is 41.2 Å². The molecule has 2 N–H and O–H groups in total. The summed E-state index contributed by atoms with van der Waals surface area (Å²) in [5, 5.41) is 8.31. The minimum atomic E-state index is -4.81. The molecule has 3 rings (SSSR count). The van der Waals surface area contributed by atoms with Crippen LogP contribution in [0.5, 0.6) is 0 Å². The van der Waals surface area contributed by atoms with Crippen LogP contribution in [0.15, 0.2) is 60.9 Å². The lowest BCUT2D eigenvalue weighted by Crippen LogP contribution is -2.17. The highest BCUT2D eigenvalue weighted by Gasteiger charge is 2.34. The number of aryl methyl sites for hydroxylation is 1. The summed E-state index contributed by atoms with van der Waals surface area (Å²) in [6.45, 7) is 0. The molecule has 6 nitrogen and oxygen atoms in total. The number of nitrogens with zero attached hydrogens (tertiary/aromatic N) is 2. The molecule has 0 aliphatic carbocycles. The lowest BCUT2D eigenvalue weighted by molar-refractivity contribution is -0.136. The molecule has 10 heteroatoms. The van der Waals surface area contributed by atoms with Crippen LogP contribution in [0, 0.1) is 5.82 Å². The Hall–Kier alpha value is -3.95. The lowest BCUT2D eigenvalue weighted by Gasteiger charge is -2.15. The second-order valence-electron chi connectivity index (χ2n) is 6.46. The maximum Gasteiger partial charge on any atom is 0.418 e. The summed E-state index contributed by atoms with van der Waals surface area (Å²) in [6, 6.07) is 7.93. The number of carbonyl (C=O) groups is 2. The number of nitrogens with one attached hydrogen (secondary N) is 2. The van der Waals surface area contributed by atoms with Gasteiger partial charge in [-0.1, -0.05) is 12.1 Å². The van der Waals surface area contributed by atoms with Gasteiger partial charge in [-0.25, -0.2) is 4.39 Å². The molecule has 0 saturated heterocycles. The SMILES string of the molecule is Cn1cc(/C=C/C(=O)Nc2ccc(NC(=O)c3ccccc3F)cc2C(F)(F)F)cn1. The summed E-state index contributed by atoms with van der Waals surface area (Å²) >= 11 is 0. The molecule has 0 aliphatic heterocycles. The first-order valence-corrected chi connectivity index (χ1v) is 8.88. The molecular formula is C21H16F4N4O2. The lowest BCUT2D eigenvalue weighted by atomic mass is 10.1. The molecule has 0 aliphatic rings. The van der Waals surface area contributed by atoms with Crippen LogP contribution in [0.25, 0.3) is 6.08 Å². The highest BCUT2D eigenvalue weighted by Crippen LogP contribution is 2.36. The van der Waals surface area contributed by atoms with Gasteiger partial charge in [0.1, 0.15) is 5.82 Å². The van der Waals surface area contributed by atoms with Gasteiger partial charge in [-0.15, -0.1) is 0 Å². The van der Waals surface area contributed by atoms with Crippen LogP contribution < -0.4 is 10.6 Å². The van der Waals surface area contributed by atoms with Crippen molar-refractivity contribution in [1.29, 1.82) is 0 Å². The maximum atomic E-state index is 13.7.